The lowest BCUT2D eigenvalue weighted by Gasteiger charge is -2.35. The number of hydrogen-bond donors (Lipinski definition) is 1. The van der Waals surface area contributed by atoms with E-state index in [0.29, 0.717) is 5.41 Å². The van der Waals surface area contributed by atoms with Crippen LogP contribution in [0.25, 0.3) is 0 Å². The molecule has 0 spiro atoms. The summed E-state index contributed by atoms with van der Waals surface area (Å²) in [6.45, 7) is 1.78. The van der Waals surface area contributed by atoms with Crippen LogP contribution in [0.5, 0.6) is 0 Å². The lowest BCUT2D eigenvalue weighted by atomic mass is 9.84. The second-order valence-corrected chi connectivity index (χ2v) is 6.63. The molecule has 2 rings (SSSR count). The van der Waals surface area contributed by atoms with Crippen molar-refractivity contribution in [3.8, 4) is 0 Å². The van der Waals surface area contributed by atoms with Crippen LogP contribution in [-0.4, -0.2) is 24.7 Å². The molecule has 1 aliphatic heterocycles. The molecule has 0 saturated carbocycles. The lowest BCUT2D eigenvalue weighted by Crippen LogP contribution is -2.33. The third-order valence-electron chi connectivity index (χ3n) is 3.48. The van der Waals surface area contributed by atoms with Gasteiger partial charge < -0.3 is 4.74 Å². The maximum absolute atomic E-state index is 5.88. The molecule has 1 heterocycles. The van der Waals surface area contributed by atoms with Crippen molar-refractivity contribution in [2.24, 2.45) is 5.41 Å². The lowest BCUT2D eigenvalue weighted by molar-refractivity contribution is 0.0371. The van der Waals surface area contributed by atoms with Crippen LogP contribution in [-0.2, 0) is 10.5 Å². The average molecular weight is 303 g/mol. The molecule has 0 radical (unpaired) electrons. The van der Waals surface area contributed by atoms with Crippen molar-refractivity contribution < 1.29 is 4.74 Å². The van der Waals surface area contributed by atoms with Crippen LogP contribution in [0, 0.1) is 5.41 Å². The van der Waals surface area contributed by atoms with Gasteiger partial charge in [0.2, 0.25) is 0 Å². The summed E-state index contributed by atoms with van der Waals surface area (Å²) < 4.78 is 5.45. The highest BCUT2D eigenvalue weighted by Gasteiger charge is 2.30. The Morgan fingerprint density at radius 3 is 2.50 bits per heavy atom. The summed E-state index contributed by atoms with van der Waals surface area (Å²) in [7, 11) is 0. The van der Waals surface area contributed by atoms with Crippen molar-refractivity contribution in [2.45, 2.75) is 18.6 Å². The third kappa shape index (κ3) is 4.09. The maximum atomic E-state index is 5.88. The minimum Gasteiger partial charge on any atom is -0.381 e. The number of thiol groups is 1. The molecule has 0 unspecified atom stereocenters. The Kier molecular flexibility index (Phi) is 5.74. The van der Waals surface area contributed by atoms with Crippen LogP contribution < -0.4 is 0 Å². The summed E-state index contributed by atoms with van der Waals surface area (Å²) in [6, 6.07) is 8.12. The predicted octanol–water partition coefficient (Wildman–Crippen LogP) is 4.30. The van der Waals surface area contributed by atoms with E-state index in [1.165, 1.54) is 11.3 Å². The predicted molar refractivity (Wildman–Crippen MR) is 84.0 cm³/mol. The number of rotatable bonds is 5. The molecule has 0 N–H and O–H groups in total. The van der Waals surface area contributed by atoms with Crippen molar-refractivity contribution in [1.29, 1.82) is 0 Å². The second-order valence-electron chi connectivity index (χ2n) is 4.89. The van der Waals surface area contributed by atoms with Crippen molar-refractivity contribution >= 4 is 36.0 Å². The largest absolute Gasteiger partial charge is 0.381 e. The van der Waals surface area contributed by atoms with Gasteiger partial charge in [-0.3, -0.25) is 0 Å². The first kappa shape index (κ1) is 14.6. The van der Waals surface area contributed by atoms with Crippen LogP contribution in [0.1, 0.15) is 18.4 Å². The molecule has 0 aromatic heterocycles. The number of thioether (sulfide) groups is 1. The van der Waals surface area contributed by atoms with E-state index >= 15 is 0 Å². The van der Waals surface area contributed by atoms with E-state index in [2.05, 4.69) is 24.8 Å². The Morgan fingerprint density at radius 2 is 1.89 bits per heavy atom. The maximum Gasteiger partial charge on any atom is 0.0471 e. The van der Waals surface area contributed by atoms with Gasteiger partial charge in [-0.2, -0.15) is 24.4 Å². The van der Waals surface area contributed by atoms with Crippen molar-refractivity contribution in [1.82, 2.24) is 0 Å². The molecule has 1 aromatic rings. The molecular formula is C14H19ClOS2. The Morgan fingerprint density at radius 1 is 1.22 bits per heavy atom. The first-order valence-electron chi connectivity index (χ1n) is 6.25. The first-order chi connectivity index (χ1) is 8.74. The fraction of sp³-hybridized carbons (Fsp3) is 0.571. The summed E-state index contributed by atoms with van der Waals surface area (Å²) in [5.41, 5.74) is 1.71. The van der Waals surface area contributed by atoms with Gasteiger partial charge in [0.15, 0.2) is 0 Å². The highest BCUT2D eigenvalue weighted by molar-refractivity contribution is 7.98. The molecule has 4 heteroatoms. The monoisotopic (exact) mass is 302 g/mol. The van der Waals surface area contributed by atoms with Gasteiger partial charge in [-0.25, -0.2) is 0 Å². The van der Waals surface area contributed by atoms with E-state index in [1.54, 1.807) is 0 Å². The van der Waals surface area contributed by atoms with E-state index in [9.17, 15) is 0 Å². The highest BCUT2D eigenvalue weighted by atomic mass is 35.5. The minimum absolute atomic E-state index is 0.373. The van der Waals surface area contributed by atoms with Crippen LogP contribution in [0.2, 0.25) is 5.02 Å². The zero-order chi connectivity index (χ0) is 12.8. The molecule has 0 atom stereocenters. The van der Waals surface area contributed by atoms with Crippen LogP contribution in [0.15, 0.2) is 24.3 Å². The summed E-state index contributed by atoms with van der Waals surface area (Å²) in [4.78, 5) is 0. The van der Waals surface area contributed by atoms with E-state index in [0.717, 1.165) is 42.6 Å². The van der Waals surface area contributed by atoms with Crippen LogP contribution >= 0.6 is 36.0 Å². The Hall–Kier alpha value is 0.170. The first-order valence-corrected chi connectivity index (χ1v) is 8.41. The van der Waals surface area contributed by atoms with Gasteiger partial charge in [-0.15, -0.1) is 0 Å². The SMILES string of the molecule is SCC1(CSCc2ccc(Cl)cc2)CCOCC1. The molecule has 0 aliphatic carbocycles. The zero-order valence-electron chi connectivity index (χ0n) is 10.4. The van der Waals surface area contributed by atoms with Gasteiger partial charge in [-0.1, -0.05) is 23.7 Å². The Balaban J connectivity index is 1.81. The summed E-state index contributed by atoms with van der Waals surface area (Å²) in [6.07, 6.45) is 2.29. The van der Waals surface area contributed by atoms with Gasteiger partial charge in [0.05, 0.1) is 0 Å². The van der Waals surface area contributed by atoms with E-state index in [1.807, 2.05) is 23.9 Å². The number of hydrogen-bond acceptors (Lipinski definition) is 3. The highest BCUT2D eigenvalue weighted by Crippen LogP contribution is 2.36. The van der Waals surface area contributed by atoms with E-state index in [4.69, 9.17) is 16.3 Å². The van der Waals surface area contributed by atoms with Crippen molar-refractivity contribution in [3.05, 3.63) is 34.9 Å². The molecule has 1 saturated heterocycles. The summed E-state index contributed by atoms with van der Waals surface area (Å²) in [5, 5.41) is 0.806. The second kappa shape index (κ2) is 7.09. The van der Waals surface area contributed by atoms with Gasteiger partial charge in [0.25, 0.3) is 0 Å². The fourth-order valence-corrected chi connectivity index (χ4v) is 4.18. The standard InChI is InChI=1S/C14H19ClOS2/c15-13-3-1-12(2-4-13)9-18-11-14(10-17)5-7-16-8-6-14/h1-4,17H,5-11H2. The molecule has 18 heavy (non-hydrogen) atoms. The van der Waals surface area contributed by atoms with Gasteiger partial charge >= 0.3 is 0 Å². The van der Waals surface area contributed by atoms with E-state index < -0.39 is 0 Å². The molecule has 100 valence electrons. The minimum atomic E-state index is 0.373. The van der Waals surface area contributed by atoms with Gasteiger partial charge in [0, 0.05) is 29.7 Å². The van der Waals surface area contributed by atoms with Crippen molar-refractivity contribution in [2.75, 3.05) is 24.7 Å². The summed E-state index contributed by atoms with van der Waals surface area (Å²) >= 11 is 12.4. The third-order valence-corrected chi connectivity index (χ3v) is 5.76. The van der Waals surface area contributed by atoms with Gasteiger partial charge in [0.1, 0.15) is 0 Å². The Labute approximate surface area is 124 Å². The quantitative estimate of drug-likeness (QED) is 0.812. The molecule has 1 aromatic carbocycles. The molecule has 0 bridgehead atoms. The molecule has 0 amide bonds. The normalized spacial score (nSPS) is 18.8. The van der Waals surface area contributed by atoms with Gasteiger partial charge in [-0.05, 0) is 41.7 Å². The molecule has 1 aliphatic rings. The number of ether oxygens (including phenoxy) is 1. The fourth-order valence-electron chi connectivity index (χ4n) is 2.12. The molecule has 1 nitrogen and oxygen atoms in total. The van der Waals surface area contributed by atoms with Crippen molar-refractivity contribution in [3.63, 3.8) is 0 Å². The molecule has 1 fully saturated rings. The zero-order valence-corrected chi connectivity index (χ0v) is 12.9. The average Bonchev–Trinajstić information content (AvgIpc) is 2.42. The molecular weight excluding hydrogens is 284 g/mol. The topological polar surface area (TPSA) is 9.23 Å². The number of benzene rings is 1. The van der Waals surface area contributed by atoms with Crippen LogP contribution in [0.4, 0.5) is 0 Å². The van der Waals surface area contributed by atoms with Crippen LogP contribution in [0.3, 0.4) is 0 Å². The smallest absolute Gasteiger partial charge is 0.0471 e. The van der Waals surface area contributed by atoms with E-state index in [-0.39, 0.29) is 0 Å². The number of halogens is 1. The Bertz CT molecular complexity index is 361. The summed E-state index contributed by atoms with van der Waals surface area (Å²) in [5.74, 6) is 3.18.